The van der Waals surface area contributed by atoms with E-state index in [0.29, 0.717) is 18.4 Å². The molecule has 1 aliphatic rings. The zero-order chi connectivity index (χ0) is 22.4. The van der Waals surface area contributed by atoms with Crippen molar-refractivity contribution in [1.82, 2.24) is 24.4 Å². The fourth-order valence-electron chi connectivity index (χ4n) is 3.66. The summed E-state index contributed by atoms with van der Waals surface area (Å²) in [5.41, 5.74) is -1.58. The molecule has 0 saturated carbocycles. The molecule has 3 aromatic rings. The number of aliphatic hydroxyl groups is 1. The van der Waals surface area contributed by atoms with E-state index in [9.17, 15) is 23.1 Å². The highest BCUT2D eigenvalue weighted by Gasteiger charge is 2.55. The highest BCUT2D eigenvalue weighted by Crippen LogP contribution is 2.40. The van der Waals surface area contributed by atoms with Gasteiger partial charge in [-0.3, -0.25) is 4.79 Å². The van der Waals surface area contributed by atoms with Gasteiger partial charge in [-0.2, -0.15) is 13.2 Å². The summed E-state index contributed by atoms with van der Waals surface area (Å²) in [6, 6.07) is 8.81. The van der Waals surface area contributed by atoms with Crippen LogP contribution in [0.1, 0.15) is 41.8 Å². The number of alkyl halides is 3. The van der Waals surface area contributed by atoms with E-state index in [-0.39, 0.29) is 24.6 Å². The lowest BCUT2D eigenvalue weighted by Crippen LogP contribution is -2.45. The summed E-state index contributed by atoms with van der Waals surface area (Å²) in [6.07, 6.45) is -0.734. The van der Waals surface area contributed by atoms with E-state index in [0.717, 1.165) is 5.56 Å². The van der Waals surface area contributed by atoms with Crippen molar-refractivity contribution < 1.29 is 23.1 Å². The molecular formula is C21H20F3N5O2. The van der Waals surface area contributed by atoms with E-state index in [2.05, 4.69) is 15.0 Å². The number of carbonyl (C=O) groups excluding carboxylic acids is 1. The molecule has 1 N–H and O–H groups in total. The number of carbonyl (C=O) groups is 1. The Kier molecular flexibility index (Phi) is 5.04. The SMILES string of the molecule is C[C@H]1CN(C(=O)c2cnc(-c3ccccc3)nc2)Cc2cnc([C@@](C)(O)C(F)(F)F)n21. The minimum absolute atomic E-state index is 0.0601. The Hall–Kier alpha value is -3.27. The molecule has 0 bridgehead atoms. The molecule has 0 saturated heterocycles. The Labute approximate surface area is 176 Å². The predicted octanol–water partition coefficient (Wildman–Crippen LogP) is 3.33. The molecule has 0 radical (unpaired) electrons. The van der Waals surface area contributed by atoms with Gasteiger partial charge in [-0.1, -0.05) is 30.3 Å². The Morgan fingerprint density at radius 3 is 2.35 bits per heavy atom. The van der Waals surface area contributed by atoms with Crippen LogP contribution in [0.4, 0.5) is 13.2 Å². The van der Waals surface area contributed by atoms with Gasteiger partial charge in [0.15, 0.2) is 11.6 Å². The van der Waals surface area contributed by atoms with Crippen molar-refractivity contribution >= 4 is 5.91 Å². The molecule has 162 valence electrons. The van der Waals surface area contributed by atoms with Crippen molar-refractivity contribution in [3.8, 4) is 11.4 Å². The van der Waals surface area contributed by atoms with Gasteiger partial charge in [0.05, 0.1) is 30.0 Å². The van der Waals surface area contributed by atoms with Crippen molar-refractivity contribution in [3.63, 3.8) is 0 Å². The number of hydrogen-bond donors (Lipinski definition) is 1. The monoisotopic (exact) mass is 431 g/mol. The van der Waals surface area contributed by atoms with Gasteiger partial charge in [0, 0.05) is 24.5 Å². The fourth-order valence-corrected chi connectivity index (χ4v) is 3.66. The largest absolute Gasteiger partial charge is 0.424 e. The van der Waals surface area contributed by atoms with Crippen LogP contribution in [-0.4, -0.2) is 48.2 Å². The smallest absolute Gasteiger partial charge is 0.374 e. The zero-order valence-corrected chi connectivity index (χ0v) is 16.8. The maximum absolute atomic E-state index is 13.3. The minimum atomic E-state index is -4.88. The first-order valence-corrected chi connectivity index (χ1v) is 9.62. The molecule has 1 aliphatic heterocycles. The molecule has 0 aliphatic carbocycles. The Balaban J connectivity index is 1.57. The summed E-state index contributed by atoms with van der Waals surface area (Å²) in [5, 5.41) is 10.1. The number of halogens is 3. The van der Waals surface area contributed by atoms with Crippen LogP contribution in [-0.2, 0) is 12.1 Å². The lowest BCUT2D eigenvalue weighted by Gasteiger charge is -2.36. The molecule has 4 rings (SSSR count). The van der Waals surface area contributed by atoms with E-state index < -0.39 is 23.6 Å². The van der Waals surface area contributed by atoms with Gasteiger partial charge in [-0.15, -0.1) is 0 Å². The number of nitrogens with zero attached hydrogens (tertiary/aromatic N) is 5. The molecule has 1 aromatic carbocycles. The number of hydrogen-bond acceptors (Lipinski definition) is 5. The second kappa shape index (κ2) is 7.45. The summed E-state index contributed by atoms with van der Waals surface area (Å²) in [4.78, 5) is 26.8. The van der Waals surface area contributed by atoms with E-state index in [4.69, 9.17) is 0 Å². The second-order valence-corrected chi connectivity index (χ2v) is 7.71. The van der Waals surface area contributed by atoms with E-state index in [1.54, 1.807) is 6.92 Å². The maximum atomic E-state index is 13.3. The number of rotatable bonds is 3. The van der Waals surface area contributed by atoms with Crippen LogP contribution < -0.4 is 0 Å². The first-order valence-electron chi connectivity index (χ1n) is 9.62. The second-order valence-electron chi connectivity index (χ2n) is 7.71. The lowest BCUT2D eigenvalue weighted by atomic mass is 10.0. The Bertz CT molecular complexity index is 1090. The third kappa shape index (κ3) is 3.67. The molecule has 2 atom stereocenters. The first-order chi connectivity index (χ1) is 14.6. The van der Waals surface area contributed by atoms with Gasteiger partial charge >= 0.3 is 6.18 Å². The summed E-state index contributed by atoms with van der Waals surface area (Å²) in [6.45, 7) is 2.57. The van der Waals surface area contributed by atoms with E-state index in [1.165, 1.54) is 28.1 Å². The lowest BCUT2D eigenvalue weighted by molar-refractivity contribution is -0.263. The summed E-state index contributed by atoms with van der Waals surface area (Å²) in [7, 11) is 0. The number of aromatic nitrogens is 4. The molecule has 0 fully saturated rings. The molecule has 0 spiro atoms. The highest BCUT2D eigenvalue weighted by atomic mass is 19.4. The van der Waals surface area contributed by atoms with Crippen LogP contribution in [0.25, 0.3) is 11.4 Å². The predicted molar refractivity (Wildman–Crippen MR) is 105 cm³/mol. The average molecular weight is 431 g/mol. The molecule has 3 heterocycles. The van der Waals surface area contributed by atoms with Crippen LogP contribution in [0.3, 0.4) is 0 Å². The zero-order valence-electron chi connectivity index (χ0n) is 16.8. The van der Waals surface area contributed by atoms with Gasteiger partial charge in [-0.25, -0.2) is 15.0 Å². The van der Waals surface area contributed by atoms with Crippen molar-refractivity contribution in [1.29, 1.82) is 0 Å². The first kappa shape index (κ1) is 21.0. The third-order valence-electron chi connectivity index (χ3n) is 5.36. The fraction of sp³-hybridized carbons (Fsp3) is 0.333. The van der Waals surface area contributed by atoms with Crippen LogP contribution in [0.2, 0.25) is 0 Å². The number of amides is 1. The summed E-state index contributed by atoms with van der Waals surface area (Å²) >= 11 is 0. The van der Waals surface area contributed by atoms with Gasteiger partial charge in [0.1, 0.15) is 0 Å². The minimum Gasteiger partial charge on any atom is -0.374 e. The van der Waals surface area contributed by atoms with Crippen molar-refractivity contribution in [3.05, 3.63) is 66.0 Å². The van der Waals surface area contributed by atoms with Crippen molar-refractivity contribution in [2.45, 2.75) is 38.2 Å². The highest BCUT2D eigenvalue weighted by molar-refractivity contribution is 5.93. The number of imidazole rings is 1. The van der Waals surface area contributed by atoms with Gasteiger partial charge < -0.3 is 14.6 Å². The standard InChI is InChI=1S/C21H20F3N5O2/c1-13-11-28(12-16-10-27-19(29(13)16)20(2,31)21(22,23)24)18(30)15-8-25-17(26-9-15)14-6-4-3-5-7-14/h3-10,13,31H,11-12H2,1-2H3/t13-,20+/m0/s1. The van der Waals surface area contributed by atoms with Crippen molar-refractivity contribution in [2.75, 3.05) is 6.54 Å². The normalized spacial score (nSPS) is 18.4. The van der Waals surface area contributed by atoms with E-state index in [1.807, 2.05) is 30.3 Å². The maximum Gasteiger partial charge on any atom is 0.424 e. The van der Waals surface area contributed by atoms with Crippen LogP contribution in [0.5, 0.6) is 0 Å². The molecule has 0 unspecified atom stereocenters. The third-order valence-corrected chi connectivity index (χ3v) is 5.36. The number of fused-ring (bicyclic) bond motifs is 1. The summed E-state index contributed by atoms with van der Waals surface area (Å²) in [5.74, 6) is -0.325. The molecule has 1 amide bonds. The average Bonchev–Trinajstić information content (AvgIpc) is 3.18. The van der Waals surface area contributed by atoms with Crippen molar-refractivity contribution in [2.24, 2.45) is 0 Å². The Morgan fingerprint density at radius 1 is 1.10 bits per heavy atom. The van der Waals surface area contributed by atoms with Crippen LogP contribution in [0, 0.1) is 0 Å². The molecule has 2 aromatic heterocycles. The van der Waals surface area contributed by atoms with Gasteiger partial charge in [0.2, 0.25) is 5.60 Å². The summed E-state index contributed by atoms with van der Waals surface area (Å²) < 4.78 is 41.2. The molecule has 7 nitrogen and oxygen atoms in total. The van der Waals surface area contributed by atoms with Crippen LogP contribution in [0.15, 0.2) is 48.9 Å². The topological polar surface area (TPSA) is 84.1 Å². The molecule has 10 heteroatoms. The van der Waals surface area contributed by atoms with Crippen LogP contribution >= 0.6 is 0 Å². The quantitative estimate of drug-likeness (QED) is 0.688. The molecular weight excluding hydrogens is 411 g/mol. The number of benzene rings is 1. The molecule has 31 heavy (non-hydrogen) atoms. The van der Waals surface area contributed by atoms with E-state index >= 15 is 0 Å². The Morgan fingerprint density at radius 2 is 1.74 bits per heavy atom. The van der Waals surface area contributed by atoms with Gasteiger partial charge in [0.25, 0.3) is 5.91 Å². The van der Waals surface area contributed by atoms with Gasteiger partial charge in [-0.05, 0) is 13.8 Å².